The highest BCUT2D eigenvalue weighted by atomic mass is 19.1. The van der Waals surface area contributed by atoms with Crippen LogP contribution in [0.1, 0.15) is 18.6 Å². The van der Waals surface area contributed by atoms with Gasteiger partial charge in [-0.3, -0.25) is 0 Å². The first-order valence-electron chi connectivity index (χ1n) is 3.59. The lowest BCUT2D eigenvalue weighted by Gasteiger charge is -2.10. The molecule has 2 atom stereocenters. The Kier molecular flexibility index (Phi) is 2.60. The van der Waals surface area contributed by atoms with Crippen LogP contribution in [0, 0.1) is 0 Å². The molecule has 0 saturated carbocycles. The Balaban J connectivity index is 2.77. The highest BCUT2D eigenvalue weighted by molar-refractivity contribution is 5.17. The van der Waals surface area contributed by atoms with Gasteiger partial charge < -0.3 is 5.11 Å². The monoisotopic (exact) mass is 154 g/mol. The average Bonchev–Trinajstić information content (AvgIpc) is 2.05. The third kappa shape index (κ3) is 2.02. The molecule has 0 bridgehead atoms. The van der Waals surface area contributed by atoms with Crippen molar-refractivity contribution in [2.24, 2.45) is 0 Å². The van der Waals surface area contributed by atoms with Crippen molar-refractivity contribution in [2.45, 2.75) is 19.2 Å². The number of aliphatic hydroxyl groups excluding tert-OH is 1. The van der Waals surface area contributed by atoms with Gasteiger partial charge in [0.05, 0.1) is 0 Å². The van der Waals surface area contributed by atoms with Crippen LogP contribution in [0.2, 0.25) is 0 Å². The molecule has 0 unspecified atom stereocenters. The number of rotatable bonds is 2. The summed E-state index contributed by atoms with van der Waals surface area (Å²) in [5.74, 6) is 0. The predicted octanol–water partition coefficient (Wildman–Crippen LogP) is 2.08. The van der Waals surface area contributed by atoms with Crippen molar-refractivity contribution in [3.63, 3.8) is 0 Å². The first kappa shape index (κ1) is 8.21. The van der Waals surface area contributed by atoms with Gasteiger partial charge in [0.25, 0.3) is 0 Å². The molecule has 0 aliphatic heterocycles. The van der Waals surface area contributed by atoms with Crippen molar-refractivity contribution in [2.75, 3.05) is 0 Å². The molecular weight excluding hydrogens is 143 g/mol. The molecule has 0 aliphatic rings. The molecule has 0 saturated heterocycles. The average molecular weight is 154 g/mol. The zero-order valence-corrected chi connectivity index (χ0v) is 6.37. The molecule has 1 nitrogen and oxygen atoms in total. The van der Waals surface area contributed by atoms with Crippen LogP contribution in [0.25, 0.3) is 0 Å². The largest absolute Gasteiger partial charge is 0.385 e. The lowest BCUT2D eigenvalue weighted by Crippen LogP contribution is -2.08. The lowest BCUT2D eigenvalue weighted by atomic mass is 10.1. The third-order valence-electron chi connectivity index (χ3n) is 1.58. The van der Waals surface area contributed by atoms with Gasteiger partial charge in [0.2, 0.25) is 0 Å². The Bertz CT molecular complexity index is 208. The molecule has 0 radical (unpaired) electrons. The van der Waals surface area contributed by atoms with Gasteiger partial charge in [0.1, 0.15) is 12.3 Å². The van der Waals surface area contributed by atoms with E-state index in [9.17, 15) is 9.50 Å². The standard InChI is InChI=1S/C9H11FO/c1-7(10)9(11)8-5-3-2-4-6-8/h2-7,9,11H,1H3/t7-,9+/m0/s1. The summed E-state index contributed by atoms with van der Waals surface area (Å²) >= 11 is 0. The van der Waals surface area contributed by atoms with Gasteiger partial charge >= 0.3 is 0 Å². The van der Waals surface area contributed by atoms with Crippen LogP contribution >= 0.6 is 0 Å². The van der Waals surface area contributed by atoms with E-state index < -0.39 is 12.3 Å². The fourth-order valence-corrected chi connectivity index (χ4v) is 0.915. The summed E-state index contributed by atoms with van der Waals surface area (Å²) in [6, 6.07) is 8.81. The van der Waals surface area contributed by atoms with Crippen LogP contribution in [0.3, 0.4) is 0 Å². The van der Waals surface area contributed by atoms with Gasteiger partial charge in [-0.15, -0.1) is 0 Å². The first-order valence-corrected chi connectivity index (χ1v) is 3.59. The van der Waals surface area contributed by atoms with E-state index in [0.29, 0.717) is 5.56 Å². The molecule has 0 fully saturated rings. The second-order valence-corrected chi connectivity index (χ2v) is 2.53. The summed E-state index contributed by atoms with van der Waals surface area (Å²) < 4.78 is 12.5. The van der Waals surface area contributed by atoms with Crippen molar-refractivity contribution < 1.29 is 9.50 Å². The molecule has 1 aromatic carbocycles. The number of hydrogen-bond acceptors (Lipinski definition) is 1. The highest BCUT2D eigenvalue weighted by Crippen LogP contribution is 2.17. The molecule has 60 valence electrons. The summed E-state index contributed by atoms with van der Waals surface area (Å²) in [7, 11) is 0. The third-order valence-corrected chi connectivity index (χ3v) is 1.58. The number of hydrogen-bond donors (Lipinski definition) is 1. The van der Waals surface area contributed by atoms with Crippen LogP contribution in [-0.4, -0.2) is 11.3 Å². The fraction of sp³-hybridized carbons (Fsp3) is 0.333. The minimum atomic E-state index is -1.21. The molecule has 11 heavy (non-hydrogen) atoms. The van der Waals surface area contributed by atoms with Crippen molar-refractivity contribution >= 4 is 0 Å². The second kappa shape index (κ2) is 3.49. The Morgan fingerprint density at radius 2 is 1.82 bits per heavy atom. The molecule has 0 heterocycles. The molecular formula is C9H11FO. The topological polar surface area (TPSA) is 20.2 Å². The number of benzene rings is 1. The summed E-state index contributed by atoms with van der Waals surface area (Å²) in [5, 5.41) is 9.22. The van der Waals surface area contributed by atoms with Crippen molar-refractivity contribution in [3.05, 3.63) is 35.9 Å². The second-order valence-electron chi connectivity index (χ2n) is 2.53. The highest BCUT2D eigenvalue weighted by Gasteiger charge is 2.13. The SMILES string of the molecule is C[C@H](F)[C@@H](O)c1ccccc1. The summed E-state index contributed by atoms with van der Waals surface area (Å²) in [5.41, 5.74) is 0.627. The van der Waals surface area contributed by atoms with Gasteiger partial charge in [0, 0.05) is 0 Å². The maximum atomic E-state index is 12.5. The minimum Gasteiger partial charge on any atom is -0.385 e. The minimum absolute atomic E-state index is 0.627. The predicted molar refractivity (Wildman–Crippen MR) is 42.0 cm³/mol. The Labute approximate surface area is 65.5 Å². The van der Waals surface area contributed by atoms with Crippen molar-refractivity contribution in [1.82, 2.24) is 0 Å². The van der Waals surface area contributed by atoms with Gasteiger partial charge in [-0.2, -0.15) is 0 Å². The molecule has 1 rings (SSSR count). The summed E-state index contributed by atoms with van der Waals surface area (Å²) in [6.45, 7) is 1.34. The zero-order valence-electron chi connectivity index (χ0n) is 6.37. The van der Waals surface area contributed by atoms with E-state index in [1.807, 2.05) is 6.07 Å². The van der Waals surface area contributed by atoms with Crippen LogP contribution in [0.4, 0.5) is 4.39 Å². The van der Waals surface area contributed by atoms with Crippen LogP contribution < -0.4 is 0 Å². The number of alkyl halides is 1. The van der Waals surface area contributed by atoms with E-state index in [-0.39, 0.29) is 0 Å². The van der Waals surface area contributed by atoms with Crippen LogP contribution in [0.5, 0.6) is 0 Å². The molecule has 0 amide bonds. The van der Waals surface area contributed by atoms with Crippen molar-refractivity contribution in [3.8, 4) is 0 Å². The van der Waals surface area contributed by atoms with Gasteiger partial charge in [0.15, 0.2) is 0 Å². The van der Waals surface area contributed by atoms with Crippen molar-refractivity contribution in [1.29, 1.82) is 0 Å². The summed E-state index contributed by atoms with van der Waals surface area (Å²) in [4.78, 5) is 0. The number of halogens is 1. The maximum Gasteiger partial charge on any atom is 0.127 e. The molecule has 0 aromatic heterocycles. The molecule has 2 heteroatoms. The fourth-order valence-electron chi connectivity index (χ4n) is 0.915. The number of aliphatic hydroxyl groups is 1. The molecule has 1 aromatic rings. The quantitative estimate of drug-likeness (QED) is 0.691. The Morgan fingerprint density at radius 1 is 1.27 bits per heavy atom. The van der Waals surface area contributed by atoms with Crippen LogP contribution in [0.15, 0.2) is 30.3 Å². The Morgan fingerprint density at radius 3 is 2.27 bits per heavy atom. The summed E-state index contributed by atoms with van der Waals surface area (Å²) in [6.07, 6.45) is -2.20. The molecule has 0 spiro atoms. The smallest absolute Gasteiger partial charge is 0.127 e. The van der Waals surface area contributed by atoms with E-state index in [4.69, 9.17) is 0 Å². The maximum absolute atomic E-state index is 12.5. The van der Waals surface area contributed by atoms with Gasteiger partial charge in [-0.25, -0.2) is 4.39 Å². The van der Waals surface area contributed by atoms with Crippen LogP contribution in [-0.2, 0) is 0 Å². The van der Waals surface area contributed by atoms with E-state index in [2.05, 4.69) is 0 Å². The molecule has 1 N–H and O–H groups in total. The van der Waals surface area contributed by atoms with E-state index in [1.54, 1.807) is 24.3 Å². The van der Waals surface area contributed by atoms with E-state index in [1.165, 1.54) is 6.92 Å². The zero-order chi connectivity index (χ0) is 8.27. The van der Waals surface area contributed by atoms with E-state index >= 15 is 0 Å². The van der Waals surface area contributed by atoms with Gasteiger partial charge in [-0.05, 0) is 12.5 Å². The molecule has 0 aliphatic carbocycles. The Hall–Kier alpha value is -0.890. The normalized spacial score (nSPS) is 15.9. The first-order chi connectivity index (χ1) is 5.22. The van der Waals surface area contributed by atoms with Gasteiger partial charge in [-0.1, -0.05) is 30.3 Å². The van der Waals surface area contributed by atoms with E-state index in [0.717, 1.165) is 0 Å². The lowest BCUT2D eigenvalue weighted by molar-refractivity contribution is 0.0883.